The van der Waals surface area contributed by atoms with E-state index in [1.165, 1.54) is 6.33 Å². The number of nitrogens with one attached hydrogen (secondary N) is 2. The molecule has 0 radical (unpaired) electrons. The van der Waals surface area contributed by atoms with Gasteiger partial charge in [0.25, 0.3) is 5.56 Å². The fraction of sp³-hybridized carbons (Fsp3) is 0.357. The maximum atomic E-state index is 12.3. The van der Waals surface area contributed by atoms with Gasteiger partial charge in [-0.3, -0.25) is 4.79 Å². The predicted octanol–water partition coefficient (Wildman–Crippen LogP) is -1.05. The molecule has 1 aromatic carbocycles. The molecule has 0 amide bonds. The van der Waals surface area contributed by atoms with E-state index in [0.717, 1.165) is 0 Å². The van der Waals surface area contributed by atoms with Gasteiger partial charge >= 0.3 is 0 Å². The lowest BCUT2D eigenvalue weighted by molar-refractivity contribution is -0.0252. The Hall–Kier alpha value is -2.33. The first-order valence-corrected chi connectivity index (χ1v) is 7.08. The van der Waals surface area contributed by atoms with Crippen LogP contribution in [0.2, 0.25) is 0 Å². The lowest BCUT2D eigenvalue weighted by Gasteiger charge is -2.14. The van der Waals surface area contributed by atoms with Crippen LogP contribution in [0.15, 0.2) is 23.3 Å². The number of aliphatic hydroxyl groups is 3. The van der Waals surface area contributed by atoms with Crippen molar-refractivity contribution in [1.29, 1.82) is 0 Å². The smallest absolute Gasteiger partial charge is 0.258 e. The summed E-state index contributed by atoms with van der Waals surface area (Å²) in [6.45, 7) is -0.444. The summed E-state index contributed by atoms with van der Waals surface area (Å²) in [6, 6.07) is 3.30. The number of nitrogens with zero attached hydrogens (tertiary/aromatic N) is 2. The highest BCUT2D eigenvalue weighted by molar-refractivity contribution is 5.92. The number of hydrogen-bond acceptors (Lipinski definition) is 7. The Morgan fingerprint density at radius 3 is 2.78 bits per heavy atom. The van der Waals surface area contributed by atoms with Crippen molar-refractivity contribution in [2.75, 3.05) is 6.61 Å². The summed E-state index contributed by atoms with van der Waals surface area (Å²) in [7, 11) is 0. The van der Waals surface area contributed by atoms with Gasteiger partial charge in [-0.1, -0.05) is 0 Å². The lowest BCUT2D eigenvalue weighted by Crippen LogP contribution is -2.32. The standard InChI is InChI=1S/C14H14N4O5/c19-3-9-10(20)11(21)12(23-9)13-17-6-2-8-7(15-4-16-8)1-5(6)14(22)18-13/h1-2,4,9-12,19-21H,3H2,(H,15,16)(H,17,18,22)/t9-,10-,11-,12-/m1/s1. The van der Waals surface area contributed by atoms with Crippen LogP contribution >= 0.6 is 0 Å². The van der Waals surface area contributed by atoms with Crippen molar-refractivity contribution >= 4 is 21.9 Å². The van der Waals surface area contributed by atoms with E-state index in [1.54, 1.807) is 12.1 Å². The Labute approximate surface area is 128 Å². The van der Waals surface area contributed by atoms with Crippen molar-refractivity contribution in [1.82, 2.24) is 19.9 Å². The molecule has 0 aliphatic carbocycles. The molecule has 1 saturated heterocycles. The summed E-state index contributed by atoms with van der Waals surface area (Å²) in [5.74, 6) is 0.0971. The molecule has 1 aliphatic rings. The monoisotopic (exact) mass is 318 g/mol. The molecule has 120 valence electrons. The summed E-state index contributed by atoms with van der Waals surface area (Å²) in [4.78, 5) is 26.2. The number of hydrogen-bond donors (Lipinski definition) is 5. The second kappa shape index (κ2) is 5.10. The number of aromatic nitrogens is 4. The van der Waals surface area contributed by atoms with Gasteiger partial charge in [0.2, 0.25) is 0 Å². The van der Waals surface area contributed by atoms with Crippen molar-refractivity contribution < 1.29 is 20.1 Å². The van der Waals surface area contributed by atoms with Crippen molar-refractivity contribution in [2.45, 2.75) is 24.4 Å². The number of imidazole rings is 1. The van der Waals surface area contributed by atoms with Crippen molar-refractivity contribution in [3.63, 3.8) is 0 Å². The van der Waals surface area contributed by atoms with Crippen LogP contribution in [-0.4, -0.2) is 60.2 Å². The normalized spacial score (nSPS) is 28.0. The molecule has 4 rings (SSSR count). The van der Waals surface area contributed by atoms with Crippen molar-refractivity contribution in [3.05, 3.63) is 34.6 Å². The van der Waals surface area contributed by atoms with Gasteiger partial charge in [-0.15, -0.1) is 0 Å². The first-order valence-electron chi connectivity index (χ1n) is 7.08. The molecular weight excluding hydrogens is 304 g/mol. The number of rotatable bonds is 2. The van der Waals surface area contributed by atoms with Crippen LogP contribution in [0.5, 0.6) is 0 Å². The van der Waals surface area contributed by atoms with Crippen LogP contribution in [0.4, 0.5) is 0 Å². The quantitative estimate of drug-likeness (QED) is 0.405. The summed E-state index contributed by atoms with van der Waals surface area (Å²) in [5.41, 5.74) is 1.38. The van der Waals surface area contributed by atoms with Crippen molar-refractivity contribution in [3.8, 4) is 0 Å². The van der Waals surface area contributed by atoms with Gasteiger partial charge in [0.15, 0.2) is 0 Å². The topological polar surface area (TPSA) is 144 Å². The van der Waals surface area contributed by atoms with Gasteiger partial charge in [0.05, 0.1) is 34.9 Å². The summed E-state index contributed by atoms with van der Waals surface area (Å²) < 4.78 is 5.39. The Balaban J connectivity index is 1.85. The minimum atomic E-state index is -1.29. The minimum absolute atomic E-state index is 0.0971. The summed E-state index contributed by atoms with van der Waals surface area (Å²) >= 11 is 0. The molecule has 4 atom stereocenters. The van der Waals surface area contributed by atoms with Crippen LogP contribution < -0.4 is 5.56 Å². The molecule has 0 spiro atoms. The molecule has 23 heavy (non-hydrogen) atoms. The van der Waals surface area contributed by atoms with E-state index in [4.69, 9.17) is 9.84 Å². The zero-order chi connectivity index (χ0) is 16.1. The third-order valence-corrected chi connectivity index (χ3v) is 4.08. The predicted molar refractivity (Wildman–Crippen MR) is 78.7 cm³/mol. The first kappa shape index (κ1) is 14.3. The maximum absolute atomic E-state index is 12.3. The molecule has 3 aromatic rings. The van der Waals surface area contributed by atoms with Crippen LogP contribution in [0, 0.1) is 0 Å². The number of fused-ring (bicyclic) bond motifs is 2. The zero-order valence-electron chi connectivity index (χ0n) is 11.8. The molecule has 1 aliphatic heterocycles. The lowest BCUT2D eigenvalue weighted by atomic mass is 10.1. The molecule has 0 unspecified atom stereocenters. The van der Waals surface area contributed by atoms with Crippen molar-refractivity contribution in [2.24, 2.45) is 0 Å². The third kappa shape index (κ3) is 2.13. The number of aromatic amines is 2. The van der Waals surface area contributed by atoms with E-state index in [0.29, 0.717) is 21.9 Å². The summed E-state index contributed by atoms with van der Waals surface area (Å²) in [5, 5.41) is 29.4. The number of ether oxygens (including phenoxy) is 1. The average Bonchev–Trinajstić information content (AvgIpc) is 3.10. The zero-order valence-corrected chi connectivity index (χ0v) is 11.8. The van der Waals surface area contributed by atoms with E-state index in [2.05, 4.69) is 19.9 Å². The van der Waals surface area contributed by atoms with Gasteiger partial charge in [-0.2, -0.15) is 0 Å². The fourth-order valence-electron chi connectivity index (χ4n) is 2.85. The Bertz CT molecular complexity index is 936. The van der Waals surface area contributed by atoms with E-state index < -0.39 is 31.0 Å². The Morgan fingerprint density at radius 1 is 1.22 bits per heavy atom. The molecule has 1 fully saturated rings. The van der Waals surface area contributed by atoms with E-state index in [9.17, 15) is 15.0 Å². The number of H-pyrrole nitrogens is 2. The Morgan fingerprint density at radius 2 is 2.04 bits per heavy atom. The molecule has 0 saturated carbocycles. The fourth-order valence-corrected chi connectivity index (χ4v) is 2.85. The van der Waals surface area contributed by atoms with Gasteiger partial charge < -0.3 is 30.0 Å². The molecular formula is C14H14N4O5. The molecule has 9 nitrogen and oxygen atoms in total. The molecule has 9 heteroatoms. The highest BCUT2D eigenvalue weighted by atomic mass is 16.6. The van der Waals surface area contributed by atoms with E-state index in [-0.39, 0.29) is 11.4 Å². The Kier molecular flexibility index (Phi) is 3.16. The van der Waals surface area contributed by atoms with E-state index in [1.807, 2.05) is 0 Å². The first-order chi connectivity index (χ1) is 11.1. The van der Waals surface area contributed by atoms with Gasteiger partial charge in [-0.05, 0) is 12.1 Å². The molecule has 0 bridgehead atoms. The maximum Gasteiger partial charge on any atom is 0.258 e. The van der Waals surface area contributed by atoms with Crippen LogP contribution in [0.1, 0.15) is 11.9 Å². The van der Waals surface area contributed by atoms with Gasteiger partial charge in [-0.25, -0.2) is 9.97 Å². The largest absolute Gasteiger partial charge is 0.394 e. The second-order valence-corrected chi connectivity index (χ2v) is 5.50. The van der Waals surface area contributed by atoms with Crippen LogP contribution in [0.25, 0.3) is 21.9 Å². The van der Waals surface area contributed by atoms with Gasteiger partial charge in [0.1, 0.15) is 30.2 Å². The number of aliphatic hydroxyl groups excluding tert-OH is 3. The minimum Gasteiger partial charge on any atom is -0.394 e. The summed E-state index contributed by atoms with van der Waals surface area (Å²) in [6.07, 6.45) is -2.97. The average molecular weight is 318 g/mol. The number of benzene rings is 1. The SMILES string of the molecule is O=c1[nH]c([C@@H]2O[C@H](CO)[C@@H](O)[C@H]2O)nc2cc3nc[nH]c3cc12. The van der Waals surface area contributed by atoms with Crippen LogP contribution in [-0.2, 0) is 4.74 Å². The molecule has 2 aromatic heterocycles. The van der Waals surface area contributed by atoms with Gasteiger partial charge in [0, 0.05) is 0 Å². The third-order valence-electron chi connectivity index (χ3n) is 4.08. The van der Waals surface area contributed by atoms with Crippen LogP contribution in [0.3, 0.4) is 0 Å². The molecule has 3 heterocycles. The second-order valence-electron chi connectivity index (χ2n) is 5.50. The molecule has 5 N–H and O–H groups in total. The highest BCUT2D eigenvalue weighted by Gasteiger charge is 2.44. The highest BCUT2D eigenvalue weighted by Crippen LogP contribution is 2.31. The van der Waals surface area contributed by atoms with E-state index >= 15 is 0 Å².